The van der Waals surface area contributed by atoms with Crippen molar-refractivity contribution in [3.63, 3.8) is 0 Å². The van der Waals surface area contributed by atoms with Crippen molar-refractivity contribution in [2.75, 3.05) is 24.5 Å². The third-order valence-corrected chi connectivity index (χ3v) is 5.88. The van der Waals surface area contributed by atoms with Gasteiger partial charge in [-0.05, 0) is 43.9 Å². The monoisotopic (exact) mass is 397 g/mol. The molecule has 3 heterocycles. The molecule has 146 valence electrons. The Balaban J connectivity index is 1.72. The summed E-state index contributed by atoms with van der Waals surface area (Å²) in [5.74, 6) is 0.725. The molecule has 1 aromatic carbocycles. The number of hydrogen-bond acceptors (Lipinski definition) is 7. The molecule has 0 atom stereocenters. The molecular formula is C20H23N5O2S. The number of rotatable bonds is 5. The van der Waals surface area contributed by atoms with E-state index in [-0.39, 0.29) is 17.9 Å². The second kappa shape index (κ2) is 7.81. The van der Waals surface area contributed by atoms with Gasteiger partial charge in [0.2, 0.25) is 4.96 Å². The lowest BCUT2D eigenvalue weighted by molar-refractivity contribution is -0.117. The smallest absolute Gasteiger partial charge is 0.277 e. The molecule has 4 rings (SSSR count). The number of carbonyl (C=O) groups is 1. The van der Waals surface area contributed by atoms with Crippen LogP contribution in [0.15, 0.2) is 29.1 Å². The molecule has 0 unspecified atom stereocenters. The van der Waals surface area contributed by atoms with Crippen LogP contribution in [0.4, 0.5) is 5.82 Å². The average molecular weight is 398 g/mol. The Hall–Kier alpha value is -2.58. The average Bonchev–Trinajstić information content (AvgIpc) is 3.13. The van der Waals surface area contributed by atoms with Crippen molar-refractivity contribution in [3.8, 4) is 10.6 Å². The number of hydrogen-bond donors (Lipinski definition) is 1. The van der Waals surface area contributed by atoms with Crippen molar-refractivity contribution in [1.82, 2.24) is 14.6 Å². The summed E-state index contributed by atoms with van der Waals surface area (Å²) in [4.78, 5) is 31.8. The molecule has 1 aliphatic heterocycles. The minimum atomic E-state index is -0.167. The highest BCUT2D eigenvalue weighted by Gasteiger charge is 2.17. The maximum absolute atomic E-state index is 12.6. The number of ketones is 1. The molecule has 1 saturated heterocycles. The van der Waals surface area contributed by atoms with E-state index >= 15 is 0 Å². The number of carbonyl (C=O) groups excluding carboxylic acids is 1. The van der Waals surface area contributed by atoms with E-state index in [2.05, 4.69) is 15.0 Å². The number of benzene rings is 1. The fourth-order valence-corrected chi connectivity index (χ4v) is 4.48. The zero-order chi connectivity index (χ0) is 19.7. The Labute approximate surface area is 166 Å². The van der Waals surface area contributed by atoms with Crippen LogP contribution in [0.2, 0.25) is 0 Å². The number of Topliss-reactive ketones (excluding diaryl/α,β-unsaturated/α-hetero) is 1. The Bertz CT molecular complexity index is 1080. The van der Waals surface area contributed by atoms with Crippen molar-refractivity contribution in [2.24, 2.45) is 5.73 Å². The number of nitrogens with two attached hydrogens (primary N) is 1. The van der Waals surface area contributed by atoms with Crippen molar-refractivity contribution < 1.29 is 4.79 Å². The Morgan fingerprint density at radius 3 is 2.71 bits per heavy atom. The van der Waals surface area contributed by atoms with Crippen LogP contribution in [-0.4, -0.2) is 40.0 Å². The Morgan fingerprint density at radius 1 is 1.18 bits per heavy atom. The van der Waals surface area contributed by atoms with Crippen molar-refractivity contribution in [3.05, 3.63) is 45.7 Å². The van der Waals surface area contributed by atoms with Crippen LogP contribution < -0.4 is 16.2 Å². The zero-order valence-electron chi connectivity index (χ0n) is 15.9. The summed E-state index contributed by atoms with van der Waals surface area (Å²) in [6.07, 6.45) is 3.78. The molecular weight excluding hydrogens is 374 g/mol. The molecule has 1 fully saturated rings. The van der Waals surface area contributed by atoms with Crippen LogP contribution in [0.3, 0.4) is 0 Å². The molecule has 8 heteroatoms. The van der Waals surface area contributed by atoms with Crippen LogP contribution in [0.5, 0.6) is 0 Å². The van der Waals surface area contributed by atoms with Gasteiger partial charge in [0.05, 0.1) is 6.54 Å². The van der Waals surface area contributed by atoms with E-state index in [1.807, 2.05) is 25.1 Å². The van der Waals surface area contributed by atoms with Gasteiger partial charge < -0.3 is 10.6 Å². The van der Waals surface area contributed by atoms with Gasteiger partial charge in [0.15, 0.2) is 5.78 Å². The van der Waals surface area contributed by atoms with Gasteiger partial charge in [0.25, 0.3) is 5.56 Å². The molecule has 28 heavy (non-hydrogen) atoms. The van der Waals surface area contributed by atoms with Gasteiger partial charge in [-0.15, -0.1) is 0 Å². The topological polar surface area (TPSA) is 93.6 Å². The van der Waals surface area contributed by atoms with Crippen molar-refractivity contribution in [1.29, 1.82) is 0 Å². The van der Waals surface area contributed by atoms with E-state index in [4.69, 9.17) is 5.73 Å². The molecule has 0 aliphatic carbocycles. The summed E-state index contributed by atoms with van der Waals surface area (Å²) in [7, 11) is 0. The lowest BCUT2D eigenvalue weighted by Gasteiger charge is -2.27. The summed E-state index contributed by atoms with van der Waals surface area (Å²) in [5, 5.41) is 5.20. The highest BCUT2D eigenvalue weighted by atomic mass is 32.1. The molecule has 2 N–H and O–H groups in total. The first-order valence-corrected chi connectivity index (χ1v) is 10.3. The number of fused-ring (bicyclic) bond motifs is 1. The van der Waals surface area contributed by atoms with Gasteiger partial charge in [0.1, 0.15) is 10.8 Å². The third kappa shape index (κ3) is 3.83. The number of anilines is 1. The summed E-state index contributed by atoms with van der Waals surface area (Å²) in [6.45, 7) is 3.88. The minimum absolute atomic E-state index is 0.00934. The third-order valence-electron chi connectivity index (χ3n) is 4.92. The Kier molecular flexibility index (Phi) is 5.23. The van der Waals surface area contributed by atoms with Crippen molar-refractivity contribution in [2.45, 2.75) is 32.6 Å². The van der Waals surface area contributed by atoms with Gasteiger partial charge in [-0.2, -0.15) is 9.61 Å². The van der Waals surface area contributed by atoms with Crippen LogP contribution >= 0.6 is 11.3 Å². The molecule has 1 aliphatic rings. The van der Waals surface area contributed by atoms with Gasteiger partial charge in [0, 0.05) is 31.1 Å². The van der Waals surface area contributed by atoms with E-state index in [9.17, 15) is 9.59 Å². The van der Waals surface area contributed by atoms with E-state index < -0.39 is 0 Å². The molecule has 7 nitrogen and oxygen atoms in total. The van der Waals surface area contributed by atoms with Crippen LogP contribution in [0, 0.1) is 6.92 Å². The van der Waals surface area contributed by atoms with Gasteiger partial charge in [-0.25, -0.2) is 4.98 Å². The predicted molar refractivity (Wildman–Crippen MR) is 111 cm³/mol. The molecule has 0 bridgehead atoms. The van der Waals surface area contributed by atoms with Gasteiger partial charge >= 0.3 is 0 Å². The summed E-state index contributed by atoms with van der Waals surface area (Å²) in [5.41, 5.74) is 8.09. The number of aryl methyl sites for hydroxylation is 1. The number of aromatic nitrogens is 3. The molecule has 3 aromatic rings. The summed E-state index contributed by atoms with van der Waals surface area (Å²) < 4.78 is 1.36. The first kappa shape index (κ1) is 18.8. The highest BCUT2D eigenvalue weighted by Crippen LogP contribution is 2.27. The van der Waals surface area contributed by atoms with Crippen molar-refractivity contribution >= 4 is 27.9 Å². The standard InChI is InChI=1S/C20H23N5O2S/c1-13-7-14(10-16(26)12-21)9-15(8-13)19-23-25-18(27)11-17(22-20(25)28-19)24-5-3-2-4-6-24/h7-9,11H,2-6,10,12,21H2,1H3. The van der Waals surface area contributed by atoms with Gasteiger partial charge in [-0.3, -0.25) is 9.59 Å². The quantitative estimate of drug-likeness (QED) is 0.709. The van der Waals surface area contributed by atoms with Gasteiger partial charge in [-0.1, -0.05) is 23.0 Å². The molecule has 0 spiro atoms. The molecule has 0 amide bonds. The molecule has 2 aromatic heterocycles. The van der Waals surface area contributed by atoms with Crippen LogP contribution in [-0.2, 0) is 11.2 Å². The maximum atomic E-state index is 12.6. The van der Waals surface area contributed by atoms with E-state index in [0.717, 1.165) is 48.4 Å². The summed E-state index contributed by atoms with van der Waals surface area (Å²) >= 11 is 1.39. The number of nitrogens with zero attached hydrogens (tertiary/aromatic N) is 4. The van der Waals surface area contributed by atoms with E-state index in [1.165, 1.54) is 22.3 Å². The SMILES string of the molecule is Cc1cc(CC(=O)CN)cc(-c2nn3c(=O)cc(N4CCCCC4)nc3s2)c1. The fourth-order valence-electron chi connectivity index (χ4n) is 3.59. The molecule has 0 radical (unpaired) electrons. The van der Waals surface area contributed by atoms with E-state index in [0.29, 0.717) is 16.4 Å². The van der Waals surface area contributed by atoms with Crippen LogP contribution in [0.1, 0.15) is 30.4 Å². The first-order valence-electron chi connectivity index (χ1n) is 9.52. The maximum Gasteiger partial charge on any atom is 0.277 e. The second-order valence-electron chi connectivity index (χ2n) is 7.23. The first-order chi connectivity index (χ1) is 13.5. The normalized spacial score (nSPS) is 14.6. The predicted octanol–water partition coefficient (Wildman–Crippen LogP) is 2.19. The lowest BCUT2D eigenvalue weighted by atomic mass is 10.0. The van der Waals surface area contributed by atoms with Crippen LogP contribution in [0.25, 0.3) is 15.5 Å². The minimum Gasteiger partial charge on any atom is -0.356 e. The fraction of sp³-hybridized carbons (Fsp3) is 0.400. The Morgan fingerprint density at radius 2 is 1.96 bits per heavy atom. The second-order valence-corrected chi connectivity index (χ2v) is 8.18. The number of piperidine rings is 1. The lowest BCUT2D eigenvalue weighted by Crippen LogP contribution is -2.31. The zero-order valence-corrected chi connectivity index (χ0v) is 16.7. The molecule has 0 saturated carbocycles. The largest absolute Gasteiger partial charge is 0.356 e. The highest BCUT2D eigenvalue weighted by molar-refractivity contribution is 7.19. The van der Waals surface area contributed by atoms with E-state index in [1.54, 1.807) is 6.07 Å². The summed E-state index contributed by atoms with van der Waals surface area (Å²) in [6, 6.07) is 7.49.